The summed E-state index contributed by atoms with van der Waals surface area (Å²) in [5, 5.41) is 0.694. The van der Waals surface area contributed by atoms with E-state index < -0.39 is 0 Å². The van der Waals surface area contributed by atoms with E-state index in [9.17, 15) is 0 Å². The van der Waals surface area contributed by atoms with Crippen molar-refractivity contribution in [1.82, 2.24) is 0 Å². The minimum atomic E-state index is -0.159. The van der Waals surface area contributed by atoms with Gasteiger partial charge in [-0.05, 0) is 12.5 Å². The largest absolute Gasteiger partial charge is 0.379 e. The zero-order valence-electron chi connectivity index (χ0n) is 10.9. The minimum Gasteiger partial charge on any atom is -0.379 e. The van der Waals surface area contributed by atoms with Crippen LogP contribution in [0.1, 0.15) is 31.4 Å². The second-order valence-electron chi connectivity index (χ2n) is 4.08. The Hall–Kier alpha value is -0.610. The van der Waals surface area contributed by atoms with E-state index in [0.29, 0.717) is 24.8 Å². The Morgan fingerprint density at radius 1 is 1.22 bits per heavy atom. The number of ether oxygens (including phenoxy) is 2. The van der Waals surface area contributed by atoms with E-state index in [1.807, 2.05) is 24.3 Å². The fourth-order valence-corrected chi connectivity index (χ4v) is 1.88. The molecule has 0 heterocycles. The van der Waals surface area contributed by atoms with Gasteiger partial charge in [0.2, 0.25) is 0 Å². The number of nitrogens with two attached hydrogens (primary N) is 1. The smallest absolute Gasteiger partial charge is 0.0962 e. The van der Waals surface area contributed by atoms with Gasteiger partial charge >= 0.3 is 0 Å². The maximum absolute atomic E-state index is 6.11. The highest BCUT2D eigenvalue weighted by atomic mass is 35.5. The molecule has 0 aliphatic rings. The van der Waals surface area contributed by atoms with Crippen LogP contribution in [0.5, 0.6) is 0 Å². The van der Waals surface area contributed by atoms with Crippen molar-refractivity contribution in [3.05, 3.63) is 34.9 Å². The van der Waals surface area contributed by atoms with Crippen molar-refractivity contribution >= 4 is 11.6 Å². The van der Waals surface area contributed by atoms with Gasteiger partial charge < -0.3 is 15.2 Å². The average molecular weight is 272 g/mol. The van der Waals surface area contributed by atoms with Crippen molar-refractivity contribution in [2.75, 3.05) is 26.4 Å². The number of rotatable bonds is 9. The average Bonchev–Trinajstić information content (AvgIpc) is 2.39. The molecule has 0 radical (unpaired) electrons. The van der Waals surface area contributed by atoms with Crippen LogP contribution in [-0.2, 0) is 9.47 Å². The Kier molecular flexibility index (Phi) is 8.01. The van der Waals surface area contributed by atoms with Crippen LogP contribution in [0.3, 0.4) is 0 Å². The molecule has 4 heteroatoms. The Bertz CT molecular complexity index is 333. The fourth-order valence-electron chi connectivity index (χ4n) is 1.62. The van der Waals surface area contributed by atoms with Crippen molar-refractivity contribution in [3.8, 4) is 0 Å². The minimum absolute atomic E-state index is 0.159. The topological polar surface area (TPSA) is 44.5 Å². The van der Waals surface area contributed by atoms with Crippen LogP contribution >= 0.6 is 11.6 Å². The Morgan fingerprint density at radius 3 is 2.67 bits per heavy atom. The van der Waals surface area contributed by atoms with Crippen LogP contribution < -0.4 is 5.73 Å². The lowest BCUT2D eigenvalue weighted by molar-refractivity contribution is 0.00699. The fraction of sp³-hybridized carbons (Fsp3) is 0.571. The van der Waals surface area contributed by atoms with E-state index in [4.69, 9.17) is 26.8 Å². The molecule has 1 atom stereocenters. The predicted octanol–water partition coefficient (Wildman–Crippen LogP) is 3.17. The van der Waals surface area contributed by atoms with Crippen molar-refractivity contribution in [3.63, 3.8) is 0 Å². The summed E-state index contributed by atoms with van der Waals surface area (Å²) in [7, 11) is 0. The Labute approximate surface area is 114 Å². The molecule has 2 N–H and O–H groups in total. The van der Waals surface area contributed by atoms with E-state index in [0.717, 1.165) is 25.0 Å². The molecule has 1 unspecified atom stereocenters. The molecule has 102 valence electrons. The molecular weight excluding hydrogens is 250 g/mol. The van der Waals surface area contributed by atoms with E-state index in [1.54, 1.807) is 0 Å². The molecule has 0 aliphatic carbocycles. The molecule has 0 saturated heterocycles. The number of halogens is 1. The number of hydrogen-bond acceptors (Lipinski definition) is 3. The highest BCUT2D eigenvalue weighted by Crippen LogP contribution is 2.24. The van der Waals surface area contributed by atoms with E-state index in [1.165, 1.54) is 0 Å². The van der Waals surface area contributed by atoms with Crippen LogP contribution in [0.2, 0.25) is 5.02 Å². The van der Waals surface area contributed by atoms with Gasteiger partial charge in [0, 0.05) is 23.7 Å². The van der Waals surface area contributed by atoms with Gasteiger partial charge in [-0.3, -0.25) is 0 Å². The van der Waals surface area contributed by atoms with Gasteiger partial charge in [-0.2, -0.15) is 0 Å². The number of unbranched alkanes of at least 4 members (excludes halogenated alkanes) is 1. The quantitative estimate of drug-likeness (QED) is 0.702. The van der Waals surface area contributed by atoms with Crippen molar-refractivity contribution < 1.29 is 9.47 Å². The number of hydrogen-bond donors (Lipinski definition) is 1. The highest BCUT2D eigenvalue weighted by molar-refractivity contribution is 6.31. The molecule has 3 nitrogen and oxygen atoms in total. The van der Waals surface area contributed by atoms with E-state index in [-0.39, 0.29) is 6.10 Å². The standard InChI is InChI=1S/C14H22ClNO2/c1-2-3-8-17-9-10-18-14(11-16)12-6-4-5-7-13(12)15/h4-7,14H,2-3,8-11,16H2,1H3. The van der Waals surface area contributed by atoms with Crippen LogP contribution in [0, 0.1) is 0 Å². The lowest BCUT2D eigenvalue weighted by Crippen LogP contribution is -2.18. The molecule has 1 rings (SSSR count). The number of benzene rings is 1. The maximum Gasteiger partial charge on any atom is 0.0962 e. The van der Waals surface area contributed by atoms with Crippen LogP contribution in [0.25, 0.3) is 0 Å². The third-order valence-corrected chi connectivity index (χ3v) is 3.00. The normalized spacial score (nSPS) is 12.6. The molecule has 1 aromatic carbocycles. The summed E-state index contributed by atoms with van der Waals surface area (Å²) in [6.45, 7) is 4.48. The summed E-state index contributed by atoms with van der Waals surface area (Å²) >= 11 is 6.11. The van der Waals surface area contributed by atoms with Gasteiger partial charge in [0.25, 0.3) is 0 Å². The molecule has 0 aliphatic heterocycles. The molecule has 0 saturated carbocycles. The first-order chi connectivity index (χ1) is 8.79. The van der Waals surface area contributed by atoms with Gasteiger partial charge in [-0.15, -0.1) is 0 Å². The first-order valence-electron chi connectivity index (χ1n) is 6.43. The first-order valence-corrected chi connectivity index (χ1v) is 6.81. The molecular formula is C14H22ClNO2. The molecule has 0 aromatic heterocycles. The van der Waals surface area contributed by atoms with Gasteiger partial charge in [-0.25, -0.2) is 0 Å². The van der Waals surface area contributed by atoms with Gasteiger partial charge in [0.1, 0.15) is 0 Å². The van der Waals surface area contributed by atoms with E-state index in [2.05, 4.69) is 6.92 Å². The van der Waals surface area contributed by atoms with Crippen molar-refractivity contribution in [2.24, 2.45) is 5.73 Å². The van der Waals surface area contributed by atoms with Crippen LogP contribution in [-0.4, -0.2) is 26.4 Å². The molecule has 0 bridgehead atoms. The van der Waals surface area contributed by atoms with Crippen molar-refractivity contribution in [2.45, 2.75) is 25.9 Å². The monoisotopic (exact) mass is 271 g/mol. The van der Waals surface area contributed by atoms with E-state index >= 15 is 0 Å². The molecule has 18 heavy (non-hydrogen) atoms. The molecule has 0 spiro atoms. The second kappa shape index (κ2) is 9.34. The van der Waals surface area contributed by atoms with Gasteiger partial charge in [0.05, 0.1) is 19.3 Å². The maximum atomic E-state index is 6.11. The van der Waals surface area contributed by atoms with Gasteiger partial charge in [-0.1, -0.05) is 43.1 Å². The summed E-state index contributed by atoms with van der Waals surface area (Å²) in [5.41, 5.74) is 6.65. The summed E-state index contributed by atoms with van der Waals surface area (Å²) in [5.74, 6) is 0. The summed E-state index contributed by atoms with van der Waals surface area (Å²) < 4.78 is 11.1. The lowest BCUT2D eigenvalue weighted by Gasteiger charge is -2.17. The molecule has 0 amide bonds. The SMILES string of the molecule is CCCCOCCOC(CN)c1ccccc1Cl. The third kappa shape index (κ3) is 5.36. The van der Waals surface area contributed by atoms with Crippen LogP contribution in [0.15, 0.2) is 24.3 Å². The second-order valence-corrected chi connectivity index (χ2v) is 4.49. The van der Waals surface area contributed by atoms with Crippen molar-refractivity contribution in [1.29, 1.82) is 0 Å². The Balaban J connectivity index is 2.32. The first kappa shape index (κ1) is 15.4. The third-order valence-electron chi connectivity index (χ3n) is 2.66. The zero-order chi connectivity index (χ0) is 13.2. The molecule has 0 fully saturated rings. The lowest BCUT2D eigenvalue weighted by atomic mass is 10.1. The Morgan fingerprint density at radius 2 is 2.00 bits per heavy atom. The summed E-state index contributed by atoms with van der Waals surface area (Å²) in [6.07, 6.45) is 2.07. The van der Waals surface area contributed by atoms with Gasteiger partial charge in [0.15, 0.2) is 0 Å². The predicted molar refractivity (Wildman–Crippen MR) is 74.9 cm³/mol. The zero-order valence-corrected chi connectivity index (χ0v) is 11.7. The highest BCUT2D eigenvalue weighted by Gasteiger charge is 2.12. The summed E-state index contributed by atoms with van der Waals surface area (Å²) in [4.78, 5) is 0. The molecule has 1 aromatic rings. The van der Waals surface area contributed by atoms with Crippen LogP contribution in [0.4, 0.5) is 0 Å². The summed E-state index contributed by atoms with van der Waals surface area (Å²) in [6, 6.07) is 7.62.